The van der Waals surface area contributed by atoms with Crippen LogP contribution in [0.15, 0.2) is 53.4 Å². The van der Waals surface area contributed by atoms with Gasteiger partial charge in [-0.3, -0.25) is 9.59 Å². The fourth-order valence-corrected chi connectivity index (χ4v) is 4.22. The van der Waals surface area contributed by atoms with Crippen LogP contribution in [0.4, 0.5) is 5.69 Å². The number of ketones is 1. The maximum absolute atomic E-state index is 12.4. The Labute approximate surface area is 177 Å². The fraction of sp³-hybridized carbons (Fsp3) is 0.364. The van der Waals surface area contributed by atoms with Gasteiger partial charge in [-0.1, -0.05) is 6.07 Å². The zero-order valence-corrected chi connectivity index (χ0v) is 18.5. The van der Waals surface area contributed by atoms with Crippen molar-refractivity contribution < 1.29 is 22.7 Å². The topological polar surface area (TPSA) is 102 Å². The SMILES string of the molecule is COc1ccc(C(=O)CCCC(=O)Nc2cccc(S(=O)(=O)NC(C)(C)C)c2)cc1. The lowest BCUT2D eigenvalue weighted by Gasteiger charge is -2.20. The highest BCUT2D eigenvalue weighted by Gasteiger charge is 2.22. The number of amides is 1. The molecule has 2 rings (SSSR count). The zero-order chi connectivity index (χ0) is 22.4. The summed E-state index contributed by atoms with van der Waals surface area (Å²) in [6, 6.07) is 12.9. The maximum atomic E-state index is 12.4. The normalized spacial score (nSPS) is 11.7. The van der Waals surface area contributed by atoms with Crippen LogP contribution in [0, 0.1) is 0 Å². The van der Waals surface area contributed by atoms with Crippen LogP contribution in [0.1, 0.15) is 50.4 Å². The smallest absolute Gasteiger partial charge is 0.241 e. The van der Waals surface area contributed by atoms with E-state index in [1.165, 1.54) is 12.1 Å². The van der Waals surface area contributed by atoms with Gasteiger partial charge in [-0.05, 0) is 69.7 Å². The molecule has 2 aromatic rings. The van der Waals surface area contributed by atoms with Crippen molar-refractivity contribution in [1.29, 1.82) is 0 Å². The number of hydrogen-bond acceptors (Lipinski definition) is 5. The average Bonchev–Trinajstić information content (AvgIpc) is 2.66. The van der Waals surface area contributed by atoms with E-state index < -0.39 is 15.6 Å². The highest BCUT2D eigenvalue weighted by atomic mass is 32.2. The molecule has 30 heavy (non-hydrogen) atoms. The number of carbonyl (C=O) groups is 2. The molecule has 0 spiro atoms. The van der Waals surface area contributed by atoms with Gasteiger partial charge in [0, 0.05) is 29.6 Å². The quantitative estimate of drug-likeness (QED) is 0.588. The summed E-state index contributed by atoms with van der Waals surface area (Å²) in [7, 11) is -2.14. The van der Waals surface area contributed by atoms with Crippen LogP contribution < -0.4 is 14.8 Å². The van der Waals surface area contributed by atoms with Crippen molar-refractivity contribution in [3.63, 3.8) is 0 Å². The summed E-state index contributed by atoms with van der Waals surface area (Å²) >= 11 is 0. The second-order valence-electron chi connectivity index (χ2n) is 7.94. The number of ether oxygens (including phenoxy) is 1. The third kappa shape index (κ3) is 7.27. The number of hydrogen-bond donors (Lipinski definition) is 2. The zero-order valence-electron chi connectivity index (χ0n) is 17.7. The lowest BCUT2D eigenvalue weighted by molar-refractivity contribution is -0.116. The van der Waals surface area contributed by atoms with Gasteiger partial charge in [0.2, 0.25) is 15.9 Å². The number of nitrogens with one attached hydrogen (secondary N) is 2. The van der Waals surface area contributed by atoms with Crippen LogP contribution in [0.25, 0.3) is 0 Å². The van der Waals surface area contributed by atoms with Crippen molar-refractivity contribution in [3.05, 3.63) is 54.1 Å². The van der Waals surface area contributed by atoms with E-state index in [1.54, 1.807) is 64.3 Å². The summed E-state index contributed by atoms with van der Waals surface area (Å²) in [4.78, 5) is 24.5. The molecule has 0 aliphatic carbocycles. The number of sulfonamides is 1. The Morgan fingerprint density at radius 3 is 2.27 bits per heavy atom. The summed E-state index contributed by atoms with van der Waals surface area (Å²) in [5.74, 6) is 0.343. The van der Waals surface area contributed by atoms with Crippen LogP contribution in [0.5, 0.6) is 5.75 Å². The van der Waals surface area contributed by atoms with E-state index in [0.29, 0.717) is 23.4 Å². The molecule has 0 fully saturated rings. The number of carbonyl (C=O) groups excluding carboxylic acids is 2. The average molecular weight is 433 g/mol. The van der Waals surface area contributed by atoms with Crippen LogP contribution >= 0.6 is 0 Å². The molecule has 0 unspecified atom stereocenters. The van der Waals surface area contributed by atoms with Crippen LogP contribution in [0.2, 0.25) is 0 Å². The fourth-order valence-electron chi connectivity index (χ4n) is 2.76. The highest BCUT2D eigenvalue weighted by Crippen LogP contribution is 2.18. The van der Waals surface area contributed by atoms with E-state index in [2.05, 4.69) is 10.0 Å². The standard InChI is InChI=1S/C22H28N2O5S/c1-22(2,3)24-30(27,28)19-8-5-7-17(15-19)23-21(26)10-6-9-20(25)16-11-13-18(29-4)14-12-16/h5,7-8,11-15,24H,6,9-10H2,1-4H3,(H,23,26). The Morgan fingerprint density at radius 2 is 1.67 bits per heavy atom. The van der Waals surface area contributed by atoms with Crippen molar-refractivity contribution in [1.82, 2.24) is 4.72 Å². The Morgan fingerprint density at radius 1 is 1.00 bits per heavy atom. The van der Waals surface area contributed by atoms with E-state index in [-0.39, 0.29) is 29.4 Å². The third-order valence-corrected chi connectivity index (χ3v) is 5.84. The van der Waals surface area contributed by atoms with Crippen LogP contribution in [0.3, 0.4) is 0 Å². The second kappa shape index (κ2) is 9.86. The summed E-state index contributed by atoms with van der Waals surface area (Å²) in [5, 5.41) is 2.69. The Balaban J connectivity index is 1.90. The van der Waals surface area contributed by atoms with Crippen LogP contribution in [-0.4, -0.2) is 32.8 Å². The molecule has 0 saturated carbocycles. The van der Waals surface area contributed by atoms with Crippen LogP contribution in [-0.2, 0) is 14.8 Å². The van der Waals surface area contributed by atoms with Gasteiger partial charge in [-0.15, -0.1) is 0 Å². The molecule has 0 bridgehead atoms. The molecule has 1 amide bonds. The molecule has 0 aliphatic rings. The highest BCUT2D eigenvalue weighted by molar-refractivity contribution is 7.89. The molecule has 0 saturated heterocycles. The molecular formula is C22H28N2O5S. The van der Waals surface area contributed by atoms with Crippen molar-refractivity contribution >= 4 is 27.4 Å². The second-order valence-corrected chi connectivity index (χ2v) is 9.62. The number of methoxy groups -OCH3 is 1. The number of benzene rings is 2. The van der Waals surface area contributed by atoms with E-state index in [1.807, 2.05) is 0 Å². The minimum atomic E-state index is -3.70. The van der Waals surface area contributed by atoms with Gasteiger partial charge < -0.3 is 10.1 Å². The Hall–Kier alpha value is -2.71. The van der Waals surface area contributed by atoms with Gasteiger partial charge in [-0.2, -0.15) is 0 Å². The summed E-state index contributed by atoms with van der Waals surface area (Å²) in [6.45, 7) is 5.26. The molecule has 0 atom stereocenters. The summed E-state index contributed by atoms with van der Waals surface area (Å²) < 4.78 is 32.5. The number of Topliss-reactive ketones (excluding diaryl/α,β-unsaturated/α-hetero) is 1. The molecule has 0 aromatic heterocycles. The molecule has 2 N–H and O–H groups in total. The third-order valence-electron chi connectivity index (χ3n) is 4.09. The molecule has 0 heterocycles. The molecule has 2 aromatic carbocycles. The van der Waals surface area contributed by atoms with Gasteiger partial charge >= 0.3 is 0 Å². The molecular weight excluding hydrogens is 404 g/mol. The molecule has 0 radical (unpaired) electrons. The molecule has 162 valence electrons. The molecule has 7 nitrogen and oxygen atoms in total. The van der Waals surface area contributed by atoms with Gasteiger partial charge in [0.05, 0.1) is 12.0 Å². The lowest BCUT2D eigenvalue weighted by atomic mass is 10.1. The van der Waals surface area contributed by atoms with Gasteiger partial charge in [0.15, 0.2) is 5.78 Å². The molecule has 8 heteroatoms. The van der Waals surface area contributed by atoms with E-state index in [9.17, 15) is 18.0 Å². The first-order chi connectivity index (χ1) is 14.0. The Bertz CT molecular complexity index is 993. The predicted molar refractivity (Wildman–Crippen MR) is 116 cm³/mol. The number of anilines is 1. The molecule has 0 aliphatic heterocycles. The van der Waals surface area contributed by atoms with Gasteiger partial charge in [0.1, 0.15) is 5.75 Å². The Kier molecular flexibility index (Phi) is 7.75. The largest absolute Gasteiger partial charge is 0.497 e. The van der Waals surface area contributed by atoms with E-state index in [4.69, 9.17) is 4.74 Å². The first kappa shape index (κ1) is 23.6. The minimum absolute atomic E-state index is 0.0493. The lowest BCUT2D eigenvalue weighted by Crippen LogP contribution is -2.40. The van der Waals surface area contributed by atoms with Crippen molar-refractivity contribution in [2.75, 3.05) is 12.4 Å². The summed E-state index contributed by atoms with van der Waals surface area (Å²) in [6.07, 6.45) is 0.781. The maximum Gasteiger partial charge on any atom is 0.241 e. The van der Waals surface area contributed by atoms with E-state index in [0.717, 1.165) is 0 Å². The first-order valence-electron chi connectivity index (χ1n) is 9.61. The van der Waals surface area contributed by atoms with Crippen molar-refractivity contribution in [2.24, 2.45) is 0 Å². The first-order valence-corrected chi connectivity index (χ1v) is 11.1. The van der Waals surface area contributed by atoms with Gasteiger partial charge in [0.25, 0.3) is 0 Å². The predicted octanol–water partition coefficient (Wildman–Crippen LogP) is 3.76. The monoisotopic (exact) mass is 432 g/mol. The van der Waals surface area contributed by atoms with Crippen molar-refractivity contribution in [3.8, 4) is 5.75 Å². The number of rotatable bonds is 9. The van der Waals surface area contributed by atoms with E-state index >= 15 is 0 Å². The minimum Gasteiger partial charge on any atom is -0.497 e. The van der Waals surface area contributed by atoms with Crippen molar-refractivity contribution in [2.45, 2.75) is 50.5 Å². The van der Waals surface area contributed by atoms with Gasteiger partial charge in [-0.25, -0.2) is 13.1 Å². The summed E-state index contributed by atoms with van der Waals surface area (Å²) in [5.41, 5.74) is 0.341.